The van der Waals surface area contributed by atoms with Crippen molar-refractivity contribution >= 4 is 0 Å². The number of piperidine rings is 1. The van der Waals surface area contributed by atoms with Crippen LogP contribution in [0.4, 0.5) is 8.78 Å². The lowest BCUT2D eigenvalue weighted by Gasteiger charge is -2.22. The Morgan fingerprint density at radius 3 is 3.00 bits per heavy atom. The van der Waals surface area contributed by atoms with Crippen molar-refractivity contribution in [3.63, 3.8) is 0 Å². The van der Waals surface area contributed by atoms with E-state index in [1.165, 1.54) is 19.3 Å². The summed E-state index contributed by atoms with van der Waals surface area (Å²) in [6.07, 6.45) is 3.43. The van der Waals surface area contributed by atoms with Gasteiger partial charge in [0.15, 0.2) is 5.82 Å². The normalized spacial score (nSPS) is 19.6. The summed E-state index contributed by atoms with van der Waals surface area (Å²) in [5.41, 5.74) is 0. The number of rotatable bonds is 8. The Kier molecular flexibility index (Phi) is 6.32. The van der Waals surface area contributed by atoms with Crippen LogP contribution >= 0.6 is 0 Å². The second kappa shape index (κ2) is 8.26. The topological polar surface area (TPSA) is 60.2 Å². The predicted molar refractivity (Wildman–Crippen MR) is 68.8 cm³/mol. The maximum Gasteiger partial charge on any atom is 0.261 e. The first kappa shape index (κ1) is 15.3. The Morgan fingerprint density at radius 2 is 2.25 bits per heavy atom. The maximum absolute atomic E-state index is 11.9. The molecule has 1 fully saturated rings. The highest BCUT2D eigenvalue weighted by Gasteiger charge is 2.14. The minimum Gasteiger partial charge on any atom is -0.375 e. The predicted octanol–water partition coefficient (Wildman–Crippen LogP) is 1.97. The molecule has 114 valence electrons. The number of halogens is 2. The fourth-order valence-electron chi connectivity index (χ4n) is 2.30. The van der Waals surface area contributed by atoms with Gasteiger partial charge in [0.2, 0.25) is 5.89 Å². The van der Waals surface area contributed by atoms with E-state index in [9.17, 15) is 8.78 Å². The van der Waals surface area contributed by atoms with Crippen molar-refractivity contribution in [1.82, 2.24) is 15.5 Å². The summed E-state index contributed by atoms with van der Waals surface area (Å²) >= 11 is 0. The number of hydrogen-bond donors (Lipinski definition) is 1. The molecule has 7 heteroatoms. The molecule has 1 aliphatic rings. The van der Waals surface area contributed by atoms with Gasteiger partial charge in [0, 0.05) is 18.9 Å². The van der Waals surface area contributed by atoms with Gasteiger partial charge in [-0.25, -0.2) is 8.78 Å². The van der Waals surface area contributed by atoms with E-state index in [2.05, 4.69) is 15.5 Å². The number of alkyl halides is 2. The first-order valence-corrected chi connectivity index (χ1v) is 7.15. The quantitative estimate of drug-likeness (QED) is 0.741. The SMILES string of the molecule is FC(F)COCCc1noc(CCC2CCCCN2)n1. The minimum atomic E-state index is -2.43. The standard InChI is InChI=1S/C13H21F2N3O2/c14-11(15)9-19-8-6-12-17-13(20-18-12)5-4-10-3-1-2-7-16-10/h10-11,16H,1-9H2. The van der Waals surface area contributed by atoms with Crippen LogP contribution in [0.2, 0.25) is 0 Å². The van der Waals surface area contributed by atoms with E-state index in [-0.39, 0.29) is 6.61 Å². The molecule has 1 aliphatic heterocycles. The molecule has 1 N–H and O–H groups in total. The zero-order valence-electron chi connectivity index (χ0n) is 11.5. The number of nitrogens with one attached hydrogen (secondary N) is 1. The van der Waals surface area contributed by atoms with Gasteiger partial charge < -0.3 is 14.6 Å². The van der Waals surface area contributed by atoms with E-state index < -0.39 is 13.0 Å². The van der Waals surface area contributed by atoms with Crippen LogP contribution in [0.3, 0.4) is 0 Å². The van der Waals surface area contributed by atoms with Gasteiger partial charge in [0.05, 0.1) is 6.61 Å². The molecule has 0 aliphatic carbocycles. The molecule has 0 amide bonds. The zero-order valence-corrected chi connectivity index (χ0v) is 11.5. The lowest BCUT2D eigenvalue weighted by Crippen LogP contribution is -2.34. The average molecular weight is 289 g/mol. The highest BCUT2D eigenvalue weighted by atomic mass is 19.3. The molecule has 20 heavy (non-hydrogen) atoms. The Bertz CT molecular complexity index is 381. The van der Waals surface area contributed by atoms with Crippen LogP contribution in [0.15, 0.2) is 4.52 Å². The summed E-state index contributed by atoms with van der Waals surface area (Å²) in [5, 5.41) is 7.29. The third-order valence-electron chi connectivity index (χ3n) is 3.34. The van der Waals surface area contributed by atoms with Gasteiger partial charge in [-0.15, -0.1) is 0 Å². The molecule has 2 heterocycles. The molecular formula is C13H21F2N3O2. The van der Waals surface area contributed by atoms with Crippen LogP contribution in [0, 0.1) is 0 Å². The molecule has 1 aromatic rings. The fourth-order valence-corrected chi connectivity index (χ4v) is 2.30. The van der Waals surface area contributed by atoms with Crippen molar-refractivity contribution < 1.29 is 18.0 Å². The smallest absolute Gasteiger partial charge is 0.261 e. The van der Waals surface area contributed by atoms with Gasteiger partial charge in [-0.3, -0.25) is 0 Å². The van der Waals surface area contributed by atoms with Crippen molar-refractivity contribution in [3.8, 4) is 0 Å². The van der Waals surface area contributed by atoms with Crippen LogP contribution in [-0.2, 0) is 17.6 Å². The molecule has 2 rings (SSSR count). The van der Waals surface area contributed by atoms with Gasteiger partial charge in [0.1, 0.15) is 6.61 Å². The molecule has 0 spiro atoms. The summed E-state index contributed by atoms with van der Waals surface area (Å²) in [5.74, 6) is 1.13. The number of aromatic nitrogens is 2. The number of hydrogen-bond acceptors (Lipinski definition) is 5. The fraction of sp³-hybridized carbons (Fsp3) is 0.846. The molecule has 1 saturated heterocycles. The first-order valence-electron chi connectivity index (χ1n) is 7.15. The van der Waals surface area contributed by atoms with Crippen LogP contribution < -0.4 is 5.32 Å². The zero-order chi connectivity index (χ0) is 14.2. The second-order valence-corrected chi connectivity index (χ2v) is 5.01. The monoisotopic (exact) mass is 289 g/mol. The van der Waals surface area contributed by atoms with E-state index in [1.807, 2.05) is 0 Å². The van der Waals surface area contributed by atoms with Crippen LogP contribution in [-0.4, -0.2) is 42.4 Å². The van der Waals surface area contributed by atoms with Gasteiger partial charge in [-0.05, 0) is 25.8 Å². The third kappa shape index (κ3) is 5.50. The highest BCUT2D eigenvalue weighted by molar-refractivity contribution is 4.88. The third-order valence-corrected chi connectivity index (χ3v) is 3.34. The van der Waals surface area contributed by atoms with Crippen molar-refractivity contribution in [3.05, 3.63) is 11.7 Å². The van der Waals surface area contributed by atoms with Crippen molar-refractivity contribution in [1.29, 1.82) is 0 Å². The minimum absolute atomic E-state index is 0.188. The largest absolute Gasteiger partial charge is 0.375 e. The molecule has 5 nitrogen and oxygen atoms in total. The number of nitrogens with zero attached hydrogens (tertiary/aromatic N) is 2. The van der Waals surface area contributed by atoms with Crippen LogP contribution in [0.1, 0.15) is 37.4 Å². The van der Waals surface area contributed by atoms with Crippen LogP contribution in [0.25, 0.3) is 0 Å². The van der Waals surface area contributed by atoms with Gasteiger partial charge in [-0.1, -0.05) is 11.6 Å². The van der Waals surface area contributed by atoms with Gasteiger partial charge in [-0.2, -0.15) is 4.98 Å². The summed E-state index contributed by atoms with van der Waals surface area (Å²) < 4.78 is 33.6. The van der Waals surface area contributed by atoms with Crippen molar-refractivity contribution in [2.24, 2.45) is 0 Å². The summed E-state index contributed by atoms with van der Waals surface area (Å²) in [7, 11) is 0. The summed E-state index contributed by atoms with van der Waals surface area (Å²) in [6, 6.07) is 0.536. The Morgan fingerprint density at radius 1 is 1.35 bits per heavy atom. The Hall–Kier alpha value is -1.08. The highest BCUT2D eigenvalue weighted by Crippen LogP contribution is 2.12. The molecule has 0 radical (unpaired) electrons. The maximum atomic E-state index is 11.9. The van der Waals surface area contributed by atoms with Gasteiger partial charge in [0.25, 0.3) is 6.43 Å². The Labute approximate surface area is 117 Å². The molecule has 0 aromatic carbocycles. The molecule has 1 atom stereocenters. The summed E-state index contributed by atoms with van der Waals surface area (Å²) in [4.78, 5) is 4.24. The Balaban J connectivity index is 1.63. The van der Waals surface area contributed by atoms with E-state index >= 15 is 0 Å². The van der Waals surface area contributed by atoms with Crippen LogP contribution in [0.5, 0.6) is 0 Å². The lowest BCUT2D eigenvalue weighted by atomic mass is 10.0. The second-order valence-electron chi connectivity index (χ2n) is 5.01. The van der Waals surface area contributed by atoms with E-state index in [4.69, 9.17) is 9.26 Å². The van der Waals surface area contributed by atoms with E-state index in [1.54, 1.807) is 0 Å². The lowest BCUT2D eigenvalue weighted by molar-refractivity contribution is 0.0182. The first-order chi connectivity index (χ1) is 9.74. The summed E-state index contributed by atoms with van der Waals surface area (Å²) in [6.45, 7) is 0.729. The van der Waals surface area contributed by atoms with E-state index in [0.29, 0.717) is 24.2 Å². The molecular weight excluding hydrogens is 268 g/mol. The molecule has 0 bridgehead atoms. The molecule has 1 unspecified atom stereocenters. The average Bonchev–Trinajstić information content (AvgIpc) is 2.90. The molecule has 0 saturated carbocycles. The van der Waals surface area contributed by atoms with E-state index in [0.717, 1.165) is 19.4 Å². The van der Waals surface area contributed by atoms with Crippen molar-refractivity contribution in [2.75, 3.05) is 19.8 Å². The number of ether oxygens (including phenoxy) is 1. The molecule has 1 aromatic heterocycles. The number of aryl methyl sites for hydroxylation is 1. The van der Waals surface area contributed by atoms with Gasteiger partial charge >= 0.3 is 0 Å². The van der Waals surface area contributed by atoms with Crippen molar-refractivity contribution in [2.45, 2.75) is 51.0 Å².